The smallest absolute Gasteiger partial charge is 0.329 e. The van der Waals surface area contributed by atoms with Crippen LogP contribution in [-0.2, 0) is 33.4 Å². The Labute approximate surface area is 291 Å². The Morgan fingerprint density at radius 2 is 1.69 bits per heavy atom. The van der Waals surface area contributed by atoms with Crippen molar-refractivity contribution in [2.45, 2.75) is 147 Å². The number of Topliss-reactive ketones (excluding diaryl/α,β-unsaturated/α-hetero) is 1. The third-order valence-corrected chi connectivity index (χ3v) is 11.5. The van der Waals surface area contributed by atoms with Gasteiger partial charge in [-0.2, -0.15) is 0 Å². The number of aliphatic hydroxyl groups is 3. The van der Waals surface area contributed by atoms with Gasteiger partial charge in [0.2, 0.25) is 5.79 Å². The molecule has 11 heteroatoms. The van der Waals surface area contributed by atoms with E-state index in [1.165, 1.54) is 18.1 Å². The van der Waals surface area contributed by atoms with Gasteiger partial charge in [-0.05, 0) is 101 Å². The Morgan fingerprint density at radius 1 is 0.959 bits per heavy atom. The number of nitrogens with zero attached hydrogens (tertiary/aromatic N) is 1. The predicted molar refractivity (Wildman–Crippen MR) is 182 cm³/mol. The van der Waals surface area contributed by atoms with Gasteiger partial charge in [0.25, 0.3) is 11.7 Å². The summed E-state index contributed by atoms with van der Waals surface area (Å²) < 4.78 is 17.6. The summed E-state index contributed by atoms with van der Waals surface area (Å²) >= 11 is 0. The van der Waals surface area contributed by atoms with Crippen molar-refractivity contribution in [3.8, 4) is 0 Å². The summed E-state index contributed by atoms with van der Waals surface area (Å²) in [5.41, 5.74) is 0. The predicted octanol–water partition coefficient (Wildman–Crippen LogP) is 4.05. The molecule has 49 heavy (non-hydrogen) atoms. The molecule has 0 radical (unpaired) electrons. The molecule has 1 amide bonds. The lowest BCUT2D eigenvalue weighted by Crippen LogP contribution is -2.61. The lowest BCUT2D eigenvalue weighted by Gasteiger charge is -2.43. The van der Waals surface area contributed by atoms with E-state index in [2.05, 4.69) is 19.1 Å². The first kappa shape index (κ1) is 39.3. The number of methoxy groups -OCH3 is 1. The van der Waals surface area contributed by atoms with E-state index < -0.39 is 71.8 Å². The zero-order chi connectivity index (χ0) is 35.9. The molecule has 3 fully saturated rings. The second kappa shape index (κ2) is 17.7. The molecule has 0 aromatic rings. The first-order valence-corrected chi connectivity index (χ1v) is 18.5. The van der Waals surface area contributed by atoms with Gasteiger partial charge in [0.15, 0.2) is 5.78 Å². The molecule has 0 aromatic carbocycles. The number of amides is 1. The Balaban J connectivity index is 1.60. The van der Waals surface area contributed by atoms with E-state index in [0.29, 0.717) is 64.2 Å². The summed E-state index contributed by atoms with van der Waals surface area (Å²) in [5.74, 6) is -6.73. The van der Waals surface area contributed by atoms with Gasteiger partial charge in [0.05, 0.1) is 18.3 Å². The second-order valence-corrected chi connectivity index (χ2v) is 15.1. The fourth-order valence-corrected chi connectivity index (χ4v) is 8.01. The molecule has 12 atom stereocenters. The van der Waals surface area contributed by atoms with Gasteiger partial charge in [-0.3, -0.25) is 14.4 Å². The van der Waals surface area contributed by atoms with Crippen molar-refractivity contribution in [2.24, 2.45) is 29.6 Å². The van der Waals surface area contributed by atoms with Crippen molar-refractivity contribution in [3.63, 3.8) is 0 Å². The van der Waals surface area contributed by atoms with Crippen LogP contribution in [0.25, 0.3) is 0 Å². The van der Waals surface area contributed by atoms with Gasteiger partial charge in [-0.1, -0.05) is 45.9 Å². The molecular formula is C38H59NO10. The molecule has 0 aromatic heterocycles. The maximum atomic E-state index is 14.0. The van der Waals surface area contributed by atoms with Gasteiger partial charge in [0, 0.05) is 25.5 Å². The van der Waals surface area contributed by atoms with Crippen LogP contribution in [0.5, 0.6) is 0 Å². The largest absolute Gasteiger partial charge is 0.461 e. The minimum atomic E-state index is -2.42. The van der Waals surface area contributed by atoms with Crippen LogP contribution in [0.2, 0.25) is 0 Å². The average molecular weight is 690 g/mol. The van der Waals surface area contributed by atoms with Crippen molar-refractivity contribution in [1.29, 1.82) is 0 Å². The van der Waals surface area contributed by atoms with E-state index in [4.69, 9.17) is 14.2 Å². The molecule has 1 aliphatic carbocycles. The molecule has 11 nitrogen and oxygen atoms in total. The highest BCUT2D eigenvalue weighted by Gasteiger charge is 2.53. The molecule has 1 saturated carbocycles. The number of fused-ring (bicyclic) bond motifs is 3. The van der Waals surface area contributed by atoms with Crippen molar-refractivity contribution in [2.75, 3.05) is 13.7 Å². The number of ketones is 2. The molecule has 4 aliphatic rings. The molecule has 3 aliphatic heterocycles. The third kappa shape index (κ3) is 9.47. The van der Waals surface area contributed by atoms with Gasteiger partial charge in [-0.15, -0.1) is 0 Å². The van der Waals surface area contributed by atoms with Gasteiger partial charge in [-0.25, -0.2) is 4.79 Å². The molecular weight excluding hydrogens is 630 g/mol. The number of rotatable bonds is 4. The van der Waals surface area contributed by atoms with E-state index in [9.17, 15) is 34.5 Å². The average Bonchev–Trinajstić information content (AvgIpc) is 3.09. The van der Waals surface area contributed by atoms with Gasteiger partial charge >= 0.3 is 5.97 Å². The maximum Gasteiger partial charge on any atom is 0.329 e. The highest BCUT2D eigenvalue weighted by molar-refractivity contribution is 6.39. The second-order valence-electron chi connectivity index (χ2n) is 15.1. The number of esters is 1. The van der Waals surface area contributed by atoms with Crippen LogP contribution >= 0.6 is 0 Å². The Kier molecular flexibility index (Phi) is 14.2. The SMILES string of the molecule is CO[C@@H]1[C@@H](O)[C@H](C[C@@H](C)[C@@H]2CC[C@H](C)C=CCCC=CC(=O)[C@H](C)[C@@H]3CC[C@@H](C)[C@@](O)(O3)C(=O)C(=O)N3CCCC[C@H]3C(=O)O2)CC[C@H]1O. The standard InChI is InChI=1S/C38H59NO10/c1-23-12-8-6-7-9-14-29(40)26(4)32-20-16-25(3)38(46,49-32)35(43)36(44)39-21-11-10-13-28(39)37(45)48-31(19-15-23)24(2)22-27-17-18-30(41)34(47-5)33(27)42/h8-9,12,14,23-28,30-34,41-42,46H,6-7,10-11,13,15-22H2,1-5H3/t23-,24-,25-,26+,27+,28+,30-,31+,32+,33+,34+,38-/m1/s1. The minimum absolute atomic E-state index is 0.151. The van der Waals surface area contributed by atoms with Gasteiger partial charge in [0.1, 0.15) is 18.2 Å². The molecule has 3 heterocycles. The van der Waals surface area contributed by atoms with Crippen LogP contribution in [-0.4, -0.2) is 99.7 Å². The quantitative estimate of drug-likeness (QED) is 0.223. The van der Waals surface area contributed by atoms with E-state index in [1.54, 1.807) is 13.8 Å². The van der Waals surface area contributed by atoms with Crippen LogP contribution in [0.15, 0.2) is 24.3 Å². The van der Waals surface area contributed by atoms with Crippen LogP contribution in [0.4, 0.5) is 0 Å². The van der Waals surface area contributed by atoms with Crippen molar-refractivity contribution in [1.82, 2.24) is 4.90 Å². The lowest BCUT2D eigenvalue weighted by atomic mass is 9.76. The number of piperidine rings is 1. The molecule has 4 rings (SSSR count). The summed E-state index contributed by atoms with van der Waals surface area (Å²) in [6.45, 7) is 7.61. The van der Waals surface area contributed by atoms with E-state index in [-0.39, 0.29) is 30.1 Å². The monoisotopic (exact) mass is 689 g/mol. The summed E-state index contributed by atoms with van der Waals surface area (Å²) in [4.78, 5) is 55.9. The first-order chi connectivity index (χ1) is 23.3. The zero-order valence-corrected chi connectivity index (χ0v) is 30.0. The van der Waals surface area contributed by atoms with Crippen molar-refractivity contribution >= 4 is 23.4 Å². The number of carbonyl (C=O) groups is 4. The number of hydrogen-bond acceptors (Lipinski definition) is 10. The highest BCUT2D eigenvalue weighted by Crippen LogP contribution is 2.38. The third-order valence-electron chi connectivity index (χ3n) is 11.5. The van der Waals surface area contributed by atoms with Crippen molar-refractivity contribution in [3.05, 3.63) is 24.3 Å². The van der Waals surface area contributed by atoms with Crippen LogP contribution in [0.1, 0.15) is 105 Å². The topological polar surface area (TPSA) is 160 Å². The number of aliphatic hydroxyl groups excluding tert-OH is 2. The number of carbonyl (C=O) groups excluding carboxylic acids is 4. The summed E-state index contributed by atoms with van der Waals surface area (Å²) in [6.07, 6.45) is 10.8. The number of hydrogen-bond donors (Lipinski definition) is 3. The van der Waals surface area contributed by atoms with Crippen LogP contribution in [0, 0.1) is 29.6 Å². The van der Waals surface area contributed by atoms with Gasteiger partial charge < -0.3 is 34.4 Å². The van der Waals surface area contributed by atoms with Crippen LogP contribution < -0.4 is 0 Å². The molecule has 276 valence electrons. The maximum absolute atomic E-state index is 14.0. The molecule has 3 N–H and O–H groups in total. The number of allylic oxidation sites excluding steroid dienone is 4. The first-order valence-electron chi connectivity index (χ1n) is 18.5. The fraction of sp³-hybridized carbons (Fsp3) is 0.789. The highest BCUT2D eigenvalue weighted by atomic mass is 16.6. The fourth-order valence-electron chi connectivity index (χ4n) is 8.01. The van der Waals surface area contributed by atoms with E-state index in [1.807, 2.05) is 13.0 Å². The molecule has 0 unspecified atom stereocenters. The summed E-state index contributed by atoms with van der Waals surface area (Å²) in [6, 6.07) is -0.997. The van der Waals surface area contributed by atoms with E-state index >= 15 is 0 Å². The summed E-state index contributed by atoms with van der Waals surface area (Å²) in [5, 5.41) is 32.9. The minimum Gasteiger partial charge on any atom is -0.461 e. The Morgan fingerprint density at radius 3 is 2.43 bits per heavy atom. The molecule has 0 spiro atoms. The summed E-state index contributed by atoms with van der Waals surface area (Å²) in [7, 11) is 1.48. The lowest BCUT2D eigenvalue weighted by molar-refractivity contribution is -0.268. The normalized spacial score (nSPS) is 39.9. The molecule has 2 bridgehead atoms. The number of ether oxygens (including phenoxy) is 3. The Bertz CT molecular complexity index is 1220. The molecule has 2 saturated heterocycles. The Hall–Kier alpha value is -2.44. The van der Waals surface area contributed by atoms with Crippen LogP contribution in [0.3, 0.4) is 0 Å². The zero-order valence-electron chi connectivity index (χ0n) is 30.0. The van der Waals surface area contributed by atoms with E-state index in [0.717, 1.165) is 12.8 Å². The number of cyclic esters (lactones) is 1. The van der Waals surface area contributed by atoms with Crippen molar-refractivity contribution < 1.29 is 48.7 Å².